The predicted molar refractivity (Wildman–Crippen MR) is 101 cm³/mol. The van der Waals surface area contributed by atoms with Gasteiger partial charge >= 0.3 is 11.9 Å². The Balaban J connectivity index is 0.000000336. The molecule has 1 aliphatic rings. The molecule has 1 saturated heterocycles. The highest BCUT2D eigenvalue weighted by molar-refractivity contribution is 6.31. The van der Waals surface area contributed by atoms with Crippen molar-refractivity contribution in [2.45, 2.75) is 44.6 Å². The van der Waals surface area contributed by atoms with E-state index < -0.39 is 24.1 Å². The third kappa shape index (κ3) is 7.69. The SMILES string of the molecule is CCCN(Cc1ccc(F)cc1Cl)[C@H]1CCNC1.O=C(O)[C@H](O)[C@@H](O)C(=O)O. The first-order chi connectivity index (χ1) is 13.2. The van der Waals surface area contributed by atoms with Crippen LogP contribution in [0.2, 0.25) is 5.02 Å². The summed E-state index contributed by atoms with van der Waals surface area (Å²) in [6.07, 6.45) is -2.23. The van der Waals surface area contributed by atoms with Crippen LogP contribution in [-0.2, 0) is 16.1 Å². The number of hydrogen-bond donors (Lipinski definition) is 5. The molecule has 0 spiro atoms. The van der Waals surface area contributed by atoms with E-state index in [0.29, 0.717) is 11.1 Å². The lowest BCUT2D eigenvalue weighted by Crippen LogP contribution is -2.39. The van der Waals surface area contributed by atoms with Crippen LogP contribution < -0.4 is 5.32 Å². The first kappa shape index (κ1) is 24.3. The maximum atomic E-state index is 13.0. The minimum absolute atomic E-state index is 0.270. The average molecular weight is 421 g/mol. The third-order valence-corrected chi connectivity index (χ3v) is 4.61. The maximum Gasteiger partial charge on any atom is 0.335 e. The van der Waals surface area contributed by atoms with Crippen molar-refractivity contribution < 1.29 is 34.4 Å². The second-order valence-electron chi connectivity index (χ2n) is 6.42. The van der Waals surface area contributed by atoms with Crippen LogP contribution in [0.25, 0.3) is 0 Å². The smallest absolute Gasteiger partial charge is 0.335 e. The summed E-state index contributed by atoms with van der Waals surface area (Å²) in [4.78, 5) is 22.0. The molecule has 8 nitrogen and oxygen atoms in total. The molecule has 158 valence electrons. The van der Waals surface area contributed by atoms with Gasteiger partial charge in [0.25, 0.3) is 0 Å². The Morgan fingerprint density at radius 3 is 2.32 bits per heavy atom. The molecular formula is C18H26ClFN2O6. The number of hydrogen-bond acceptors (Lipinski definition) is 6. The first-order valence-electron chi connectivity index (χ1n) is 8.87. The summed E-state index contributed by atoms with van der Waals surface area (Å²) in [7, 11) is 0. The number of aliphatic hydroxyl groups excluding tert-OH is 2. The standard InChI is InChI=1S/C14H20ClFN2.C4H6O6/c1-2-7-18(13-5-6-17-9-13)10-11-3-4-12(16)8-14(11)15;5-1(3(7)8)2(6)4(9)10/h3-4,8,13,17H,2,5-7,9-10H2,1H3;1-2,5-6H,(H,7,8)(H,9,10)/t13-;1-,2-/m01/s1. The lowest BCUT2D eigenvalue weighted by atomic mass is 10.1. The van der Waals surface area contributed by atoms with Gasteiger partial charge in [-0.3, -0.25) is 4.90 Å². The normalized spacial score (nSPS) is 18.3. The number of carboxylic acid groups (broad SMARTS) is 2. The molecule has 0 bridgehead atoms. The van der Waals surface area contributed by atoms with Gasteiger partial charge in [0, 0.05) is 24.2 Å². The van der Waals surface area contributed by atoms with Gasteiger partial charge in [-0.2, -0.15) is 0 Å². The van der Waals surface area contributed by atoms with Crippen molar-refractivity contribution in [1.29, 1.82) is 0 Å². The summed E-state index contributed by atoms with van der Waals surface area (Å²) in [6.45, 7) is 6.17. The van der Waals surface area contributed by atoms with Gasteiger partial charge in [-0.1, -0.05) is 24.6 Å². The maximum absolute atomic E-state index is 13.0. The fourth-order valence-corrected chi connectivity index (χ4v) is 2.99. The zero-order valence-corrected chi connectivity index (χ0v) is 16.3. The van der Waals surface area contributed by atoms with E-state index in [2.05, 4.69) is 17.1 Å². The van der Waals surface area contributed by atoms with Gasteiger partial charge in [0.1, 0.15) is 5.82 Å². The molecule has 1 aromatic rings. The zero-order chi connectivity index (χ0) is 21.3. The van der Waals surface area contributed by atoms with Gasteiger partial charge in [-0.25, -0.2) is 14.0 Å². The highest BCUT2D eigenvalue weighted by atomic mass is 35.5. The molecular weight excluding hydrogens is 395 g/mol. The van der Waals surface area contributed by atoms with Gasteiger partial charge in [0.2, 0.25) is 0 Å². The van der Waals surface area contributed by atoms with Gasteiger partial charge in [-0.05, 0) is 43.6 Å². The Hall–Kier alpha value is -1.78. The van der Waals surface area contributed by atoms with E-state index in [1.165, 1.54) is 18.6 Å². The molecule has 1 heterocycles. The highest BCUT2D eigenvalue weighted by Crippen LogP contribution is 2.21. The van der Waals surface area contributed by atoms with Crippen molar-refractivity contribution >= 4 is 23.5 Å². The Labute approximate surface area is 167 Å². The molecule has 10 heteroatoms. The molecule has 0 unspecified atom stereocenters. The summed E-state index contributed by atoms with van der Waals surface area (Å²) in [5.41, 5.74) is 1.01. The van der Waals surface area contributed by atoms with E-state index in [1.54, 1.807) is 6.07 Å². The molecule has 1 fully saturated rings. The van der Waals surface area contributed by atoms with Crippen LogP contribution >= 0.6 is 11.6 Å². The van der Waals surface area contributed by atoms with Crippen molar-refractivity contribution in [2.75, 3.05) is 19.6 Å². The molecule has 2 rings (SSSR count). The van der Waals surface area contributed by atoms with Crippen molar-refractivity contribution in [1.82, 2.24) is 10.2 Å². The zero-order valence-electron chi connectivity index (χ0n) is 15.5. The second-order valence-corrected chi connectivity index (χ2v) is 6.83. The number of aliphatic hydroxyl groups is 2. The molecule has 0 radical (unpaired) electrons. The van der Waals surface area contributed by atoms with Gasteiger partial charge in [-0.15, -0.1) is 0 Å². The number of aliphatic carboxylic acids is 2. The number of halogens is 2. The third-order valence-electron chi connectivity index (χ3n) is 4.26. The predicted octanol–water partition coefficient (Wildman–Crippen LogP) is 0.930. The number of rotatable bonds is 8. The minimum Gasteiger partial charge on any atom is -0.479 e. The van der Waals surface area contributed by atoms with Crippen molar-refractivity contribution in [3.8, 4) is 0 Å². The molecule has 5 N–H and O–H groups in total. The number of carbonyl (C=O) groups is 2. The molecule has 0 amide bonds. The largest absolute Gasteiger partial charge is 0.479 e. The van der Waals surface area contributed by atoms with Gasteiger partial charge in [0.15, 0.2) is 12.2 Å². The van der Waals surface area contributed by atoms with Gasteiger partial charge in [0.05, 0.1) is 0 Å². The van der Waals surface area contributed by atoms with E-state index in [4.69, 9.17) is 32.0 Å². The van der Waals surface area contributed by atoms with E-state index in [1.807, 2.05) is 0 Å². The monoisotopic (exact) mass is 420 g/mol. The Morgan fingerprint density at radius 2 is 1.89 bits per heavy atom. The van der Waals surface area contributed by atoms with Crippen molar-refractivity contribution in [3.63, 3.8) is 0 Å². The van der Waals surface area contributed by atoms with Gasteiger partial charge < -0.3 is 25.7 Å². The van der Waals surface area contributed by atoms with Crippen LogP contribution in [0.4, 0.5) is 4.39 Å². The molecule has 1 aromatic carbocycles. The van der Waals surface area contributed by atoms with E-state index in [9.17, 15) is 14.0 Å². The summed E-state index contributed by atoms with van der Waals surface area (Å²) >= 11 is 6.10. The van der Waals surface area contributed by atoms with Crippen LogP contribution in [-0.4, -0.2) is 75.1 Å². The van der Waals surface area contributed by atoms with Crippen LogP contribution in [0, 0.1) is 5.82 Å². The quantitative estimate of drug-likeness (QED) is 0.420. The molecule has 3 atom stereocenters. The molecule has 0 saturated carbocycles. The Kier molecular flexibility index (Phi) is 10.3. The Bertz CT molecular complexity index is 639. The summed E-state index contributed by atoms with van der Waals surface area (Å²) in [5.74, 6) is -3.81. The molecule has 1 aliphatic heterocycles. The first-order valence-corrected chi connectivity index (χ1v) is 9.25. The van der Waals surface area contributed by atoms with Crippen molar-refractivity contribution in [3.05, 3.63) is 34.6 Å². The average Bonchev–Trinajstić information content (AvgIpc) is 3.17. The lowest BCUT2D eigenvalue weighted by molar-refractivity contribution is -0.165. The topological polar surface area (TPSA) is 130 Å². The van der Waals surface area contributed by atoms with Crippen LogP contribution in [0.5, 0.6) is 0 Å². The summed E-state index contributed by atoms with van der Waals surface area (Å²) in [5, 5.41) is 36.4. The van der Waals surface area contributed by atoms with Crippen LogP contribution in [0.1, 0.15) is 25.3 Å². The fraction of sp³-hybridized carbons (Fsp3) is 0.556. The highest BCUT2D eigenvalue weighted by Gasteiger charge is 2.29. The van der Waals surface area contributed by atoms with E-state index >= 15 is 0 Å². The number of nitrogens with zero attached hydrogens (tertiary/aromatic N) is 1. The second kappa shape index (κ2) is 11.9. The summed E-state index contributed by atoms with van der Waals surface area (Å²) < 4.78 is 13.0. The molecule has 0 aliphatic carbocycles. The number of benzene rings is 1. The van der Waals surface area contributed by atoms with E-state index in [0.717, 1.165) is 38.2 Å². The Morgan fingerprint density at radius 1 is 1.29 bits per heavy atom. The minimum atomic E-state index is -2.27. The molecule has 28 heavy (non-hydrogen) atoms. The van der Waals surface area contributed by atoms with E-state index in [-0.39, 0.29) is 5.82 Å². The van der Waals surface area contributed by atoms with Crippen molar-refractivity contribution in [2.24, 2.45) is 0 Å². The fourth-order valence-electron chi connectivity index (χ4n) is 2.77. The van der Waals surface area contributed by atoms with Crippen LogP contribution in [0.15, 0.2) is 18.2 Å². The van der Waals surface area contributed by atoms with Crippen LogP contribution in [0.3, 0.4) is 0 Å². The number of carboxylic acids is 2. The lowest BCUT2D eigenvalue weighted by Gasteiger charge is -2.28. The number of nitrogens with one attached hydrogen (secondary N) is 1. The molecule has 0 aromatic heterocycles. The summed E-state index contributed by atoms with van der Waals surface area (Å²) in [6, 6.07) is 5.25.